The van der Waals surface area contributed by atoms with Gasteiger partial charge in [0, 0.05) is 29.5 Å². The third-order valence-corrected chi connectivity index (χ3v) is 4.95. The molecule has 0 aliphatic heterocycles. The summed E-state index contributed by atoms with van der Waals surface area (Å²) in [5.74, 6) is 0. The Morgan fingerprint density at radius 3 is 3.00 bits per heavy atom. The summed E-state index contributed by atoms with van der Waals surface area (Å²) in [5.41, 5.74) is 1.07. The lowest BCUT2D eigenvalue weighted by Crippen LogP contribution is -2.22. The van der Waals surface area contributed by atoms with Crippen molar-refractivity contribution in [2.75, 3.05) is 0 Å². The van der Waals surface area contributed by atoms with Gasteiger partial charge in [0.15, 0.2) is 0 Å². The van der Waals surface area contributed by atoms with Crippen molar-refractivity contribution in [3.8, 4) is 10.9 Å². The van der Waals surface area contributed by atoms with Crippen LogP contribution in [-0.4, -0.2) is 24.8 Å². The van der Waals surface area contributed by atoms with Crippen LogP contribution in [0.15, 0.2) is 25.5 Å². The fourth-order valence-electron chi connectivity index (χ4n) is 1.51. The molecular formula is C10H8BrN5O2S2. The molecule has 3 rings (SSSR count). The lowest BCUT2D eigenvalue weighted by molar-refractivity contribution is 0.304. The molecule has 0 fully saturated rings. The van der Waals surface area contributed by atoms with Gasteiger partial charge in [-0.15, -0.1) is 11.3 Å². The average molecular weight is 376 g/mol. The minimum Gasteiger partial charge on any atom is -0.465 e. The van der Waals surface area contributed by atoms with Gasteiger partial charge in [-0.05, 0) is 26.4 Å². The van der Waals surface area contributed by atoms with Gasteiger partial charge in [0.05, 0.1) is 10.8 Å². The number of aryl methyl sites for hydroxylation is 1. The van der Waals surface area contributed by atoms with Crippen molar-refractivity contribution >= 4 is 38.6 Å². The number of tetrazole rings is 1. The second-order valence-electron chi connectivity index (χ2n) is 3.70. The van der Waals surface area contributed by atoms with Gasteiger partial charge in [-0.3, -0.25) is 0 Å². The summed E-state index contributed by atoms with van der Waals surface area (Å²) in [6.45, 7) is 0.218. The van der Waals surface area contributed by atoms with Crippen molar-refractivity contribution in [3.05, 3.63) is 36.8 Å². The van der Waals surface area contributed by atoms with Crippen LogP contribution in [0, 0.1) is 0 Å². The number of thiazole rings is 1. The predicted octanol–water partition coefficient (Wildman–Crippen LogP) is 1.83. The molecule has 20 heavy (non-hydrogen) atoms. The van der Waals surface area contributed by atoms with Crippen molar-refractivity contribution in [2.45, 2.75) is 6.61 Å². The van der Waals surface area contributed by atoms with Crippen LogP contribution in [0.4, 0.5) is 0 Å². The molecule has 0 amide bonds. The third kappa shape index (κ3) is 2.41. The summed E-state index contributed by atoms with van der Waals surface area (Å²) in [7, 11) is 1.54. The van der Waals surface area contributed by atoms with Gasteiger partial charge in [-0.2, -0.15) is 9.36 Å². The second-order valence-corrected chi connectivity index (χ2v) is 6.72. The Kier molecular flexibility index (Phi) is 3.34. The number of halogens is 1. The smallest absolute Gasteiger partial charge is 0.368 e. The van der Waals surface area contributed by atoms with Crippen molar-refractivity contribution < 1.29 is 6.11 Å². The molecule has 7 nitrogen and oxygen atoms in total. The molecule has 3 heterocycles. The average Bonchev–Trinajstić information content (AvgIpc) is 3.11. The highest BCUT2D eigenvalue weighted by Crippen LogP contribution is 2.31. The first kappa shape index (κ1) is 12.2. The standard InChI is InChI=1S/C10H8BrN5O2S2/c1-15-10(17)16(14-13-15)7-5-20-8(11)6(7)4-18-9-12-2-3-19-9/h2-3,5H,4H2,1H3/i2T. The highest BCUT2D eigenvalue weighted by atomic mass is 79.9. The number of rotatable bonds is 4. The first-order valence-corrected chi connectivity index (χ1v) is 7.91. The van der Waals surface area contributed by atoms with E-state index in [0.29, 0.717) is 10.9 Å². The Balaban J connectivity index is 1.90. The van der Waals surface area contributed by atoms with Crippen molar-refractivity contribution in [3.63, 3.8) is 0 Å². The molecule has 0 unspecified atom stereocenters. The molecule has 0 aliphatic carbocycles. The zero-order chi connectivity index (χ0) is 15.0. The SMILES string of the molecule is [3H]c1csc(OCc2c(-n3nnn(C)c3=O)csc2Br)n1. The fraction of sp³-hybridized carbons (Fsp3) is 0.200. The van der Waals surface area contributed by atoms with Crippen LogP contribution in [0.3, 0.4) is 0 Å². The molecule has 0 N–H and O–H groups in total. The van der Waals surface area contributed by atoms with E-state index >= 15 is 0 Å². The fourth-order valence-corrected chi connectivity index (χ4v) is 3.31. The molecule has 0 aliphatic rings. The molecule has 0 bridgehead atoms. The molecule has 10 heteroatoms. The second kappa shape index (κ2) is 5.46. The summed E-state index contributed by atoms with van der Waals surface area (Å²) < 4.78 is 16.1. The first-order chi connectivity index (χ1) is 10.1. The van der Waals surface area contributed by atoms with Gasteiger partial charge in [-0.25, -0.2) is 9.78 Å². The number of aromatic nitrogens is 5. The number of hydrogen-bond donors (Lipinski definition) is 0. The van der Waals surface area contributed by atoms with Crippen LogP contribution < -0.4 is 10.4 Å². The summed E-state index contributed by atoms with van der Waals surface area (Å²) in [4.78, 5) is 15.8. The maximum absolute atomic E-state index is 11.9. The number of hydrogen-bond acceptors (Lipinski definition) is 7. The largest absolute Gasteiger partial charge is 0.465 e. The Labute approximate surface area is 131 Å². The van der Waals surface area contributed by atoms with E-state index in [1.807, 2.05) is 0 Å². The minimum absolute atomic E-state index is 0.171. The molecule has 0 spiro atoms. The Bertz CT molecular complexity index is 839. The monoisotopic (exact) mass is 375 g/mol. The van der Waals surface area contributed by atoms with E-state index in [-0.39, 0.29) is 18.5 Å². The van der Waals surface area contributed by atoms with Crippen LogP contribution in [0.25, 0.3) is 5.69 Å². The topological polar surface area (TPSA) is 74.8 Å². The summed E-state index contributed by atoms with van der Waals surface area (Å²) >= 11 is 6.12. The number of ether oxygens (including phenoxy) is 1. The van der Waals surface area contributed by atoms with Crippen LogP contribution in [0.5, 0.6) is 5.19 Å². The Hall–Kier alpha value is -1.52. The van der Waals surface area contributed by atoms with Crippen LogP contribution >= 0.6 is 38.6 Å². The molecule has 0 aromatic carbocycles. The van der Waals surface area contributed by atoms with Gasteiger partial charge in [0.1, 0.15) is 6.61 Å². The highest BCUT2D eigenvalue weighted by Gasteiger charge is 2.16. The van der Waals surface area contributed by atoms with E-state index < -0.39 is 0 Å². The van der Waals surface area contributed by atoms with E-state index in [1.54, 1.807) is 10.8 Å². The van der Waals surface area contributed by atoms with Crippen LogP contribution in [0.1, 0.15) is 6.93 Å². The lowest BCUT2D eigenvalue weighted by Gasteiger charge is -2.04. The van der Waals surface area contributed by atoms with Crippen molar-refractivity contribution in [2.24, 2.45) is 7.05 Å². The molecule has 3 aromatic rings. The summed E-state index contributed by atoms with van der Waals surface area (Å²) in [5, 5.41) is 11.3. The Morgan fingerprint density at radius 1 is 1.50 bits per heavy atom. The normalized spacial score (nSPS) is 11.6. The molecule has 0 radical (unpaired) electrons. The van der Waals surface area contributed by atoms with Gasteiger partial charge in [-0.1, -0.05) is 11.3 Å². The molecule has 0 atom stereocenters. The zero-order valence-electron chi connectivity index (χ0n) is 11.1. The lowest BCUT2D eigenvalue weighted by atomic mass is 10.3. The minimum atomic E-state index is -0.329. The van der Waals surface area contributed by atoms with Gasteiger partial charge in [0.25, 0.3) is 5.19 Å². The molecule has 0 saturated carbocycles. The summed E-state index contributed by atoms with van der Waals surface area (Å²) in [6.07, 6.45) is 0.171. The predicted molar refractivity (Wildman–Crippen MR) is 78.6 cm³/mol. The van der Waals surface area contributed by atoms with E-state index in [2.05, 4.69) is 31.3 Å². The number of nitrogens with zero attached hydrogens (tertiary/aromatic N) is 5. The van der Waals surface area contributed by atoms with Crippen LogP contribution in [-0.2, 0) is 13.7 Å². The highest BCUT2D eigenvalue weighted by molar-refractivity contribution is 9.11. The van der Waals surface area contributed by atoms with E-state index in [1.165, 1.54) is 34.4 Å². The number of thiophene rings is 1. The third-order valence-electron chi connectivity index (χ3n) is 2.48. The van der Waals surface area contributed by atoms with E-state index in [4.69, 9.17) is 6.11 Å². The first-order valence-electron chi connectivity index (χ1n) is 5.86. The molecular weight excluding hydrogens is 366 g/mol. The summed E-state index contributed by atoms with van der Waals surface area (Å²) in [6, 6.07) is 0. The molecule has 104 valence electrons. The van der Waals surface area contributed by atoms with Crippen molar-refractivity contribution in [1.82, 2.24) is 24.8 Å². The van der Waals surface area contributed by atoms with Crippen LogP contribution in [0.2, 0.25) is 0 Å². The molecule has 0 saturated heterocycles. The van der Waals surface area contributed by atoms with Gasteiger partial charge < -0.3 is 4.74 Å². The zero-order valence-corrected chi connectivity index (χ0v) is 13.3. The van der Waals surface area contributed by atoms with E-state index in [0.717, 1.165) is 14.0 Å². The maximum atomic E-state index is 11.9. The van der Waals surface area contributed by atoms with Gasteiger partial charge >= 0.3 is 5.69 Å². The van der Waals surface area contributed by atoms with Gasteiger partial charge in [0.2, 0.25) is 0 Å². The Morgan fingerprint density at radius 2 is 2.35 bits per heavy atom. The maximum Gasteiger partial charge on any atom is 0.368 e. The van der Waals surface area contributed by atoms with E-state index in [9.17, 15) is 4.79 Å². The quantitative estimate of drug-likeness (QED) is 0.695. The van der Waals surface area contributed by atoms with Crippen molar-refractivity contribution in [1.29, 1.82) is 0 Å². The molecule has 3 aromatic heterocycles.